The third-order valence-electron chi connectivity index (χ3n) is 2.96. The van der Waals surface area contributed by atoms with Crippen LogP contribution in [-0.2, 0) is 4.79 Å². The molecule has 0 fully saturated rings. The Morgan fingerprint density at radius 2 is 1.65 bits per heavy atom. The molecule has 2 rings (SSSR count). The molecule has 0 aliphatic carbocycles. The lowest BCUT2D eigenvalue weighted by Crippen LogP contribution is -2.29. The number of carbonyl (C=O) groups is 3. The number of carboxylic acids is 1. The molecule has 0 heterocycles. The molecule has 0 saturated carbocycles. The van der Waals surface area contributed by atoms with Crippen molar-refractivity contribution in [3.63, 3.8) is 0 Å². The second kappa shape index (κ2) is 8.14. The first-order valence-electron chi connectivity index (χ1n) is 6.87. The molecule has 6 heteroatoms. The highest BCUT2D eigenvalue weighted by molar-refractivity contribution is 8.00. The molecule has 0 atom stereocenters. The van der Waals surface area contributed by atoms with Crippen molar-refractivity contribution in [2.45, 2.75) is 4.90 Å². The van der Waals surface area contributed by atoms with Crippen molar-refractivity contribution in [2.24, 2.45) is 0 Å². The van der Waals surface area contributed by atoms with E-state index >= 15 is 0 Å². The number of hydrogen-bond donors (Lipinski definition) is 2. The van der Waals surface area contributed by atoms with E-state index in [1.165, 1.54) is 11.8 Å². The van der Waals surface area contributed by atoms with Gasteiger partial charge in [-0.05, 0) is 18.2 Å². The zero-order chi connectivity index (χ0) is 16.7. The first-order valence-corrected chi connectivity index (χ1v) is 7.86. The number of rotatable bonds is 7. The van der Waals surface area contributed by atoms with Crippen molar-refractivity contribution >= 4 is 29.4 Å². The van der Waals surface area contributed by atoms with Gasteiger partial charge >= 0.3 is 5.97 Å². The summed E-state index contributed by atoms with van der Waals surface area (Å²) in [6, 6.07) is 15.7. The Labute approximate surface area is 137 Å². The van der Waals surface area contributed by atoms with Crippen molar-refractivity contribution in [2.75, 3.05) is 12.3 Å². The van der Waals surface area contributed by atoms with E-state index in [1.807, 2.05) is 18.2 Å². The summed E-state index contributed by atoms with van der Waals surface area (Å²) < 4.78 is 0. The summed E-state index contributed by atoms with van der Waals surface area (Å²) >= 11 is 1.33. The van der Waals surface area contributed by atoms with Gasteiger partial charge in [0.05, 0.1) is 5.75 Å². The van der Waals surface area contributed by atoms with E-state index in [0.29, 0.717) is 11.1 Å². The van der Waals surface area contributed by atoms with Crippen LogP contribution in [0.15, 0.2) is 59.5 Å². The van der Waals surface area contributed by atoms with Gasteiger partial charge in [-0.15, -0.1) is 11.8 Å². The van der Waals surface area contributed by atoms with Crippen LogP contribution >= 0.6 is 11.8 Å². The van der Waals surface area contributed by atoms with E-state index in [1.54, 1.807) is 36.4 Å². The van der Waals surface area contributed by atoms with E-state index in [2.05, 4.69) is 5.32 Å². The molecule has 23 heavy (non-hydrogen) atoms. The Morgan fingerprint density at radius 3 is 2.35 bits per heavy atom. The lowest BCUT2D eigenvalue weighted by atomic mass is 10.2. The number of benzene rings is 2. The first-order chi connectivity index (χ1) is 11.1. The Hall–Kier alpha value is -2.60. The number of carboxylic acid groups (broad SMARTS) is 1. The van der Waals surface area contributed by atoms with Gasteiger partial charge < -0.3 is 10.4 Å². The highest BCUT2D eigenvalue weighted by atomic mass is 32.2. The number of Topliss-reactive ketones (excluding diaryl/α,β-unsaturated/α-hetero) is 1. The van der Waals surface area contributed by atoms with Crippen LogP contribution in [0.5, 0.6) is 0 Å². The quantitative estimate of drug-likeness (QED) is 0.602. The van der Waals surface area contributed by atoms with Gasteiger partial charge in [0.2, 0.25) is 0 Å². The molecule has 1 amide bonds. The van der Waals surface area contributed by atoms with Gasteiger partial charge in [-0.1, -0.05) is 36.4 Å². The number of thioether (sulfide) groups is 1. The molecule has 0 unspecified atom stereocenters. The number of amides is 1. The maximum absolute atomic E-state index is 12.0. The van der Waals surface area contributed by atoms with Crippen LogP contribution in [0.25, 0.3) is 0 Å². The second-order valence-electron chi connectivity index (χ2n) is 4.68. The largest absolute Gasteiger partial charge is 0.480 e. The van der Waals surface area contributed by atoms with Crippen molar-refractivity contribution in [1.29, 1.82) is 0 Å². The van der Waals surface area contributed by atoms with Gasteiger partial charge in [-0.3, -0.25) is 14.4 Å². The normalized spacial score (nSPS) is 10.1. The maximum Gasteiger partial charge on any atom is 0.322 e. The average Bonchev–Trinajstić information content (AvgIpc) is 2.58. The summed E-state index contributed by atoms with van der Waals surface area (Å²) in [4.78, 5) is 35.1. The van der Waals surface area contributed by atoms with Gasteiger partial charge in [0.15, 0.2) is 5.78 Å². The van der Waals surface area contributed by atoms with Gasteiger partial charge in [0.25, 0.3) is 5.91 Å². The minimum atomic E-state index is -1.10. The van der Waals surface area contributed by atoms with Crippen LogP contribution in [0.3, 0.4) is 0 Å². The summed E-state index contributed by atoms with van der Waals surface area (Å²) in [6.07, 6.45) is 0. The fourth-order valence-electron chi connectivity index (χ4n) is 1.84. The molecule has 0 saturated heterocycles. The molecule has 0 aliphatic heterocycles. The standard InChI is InChI=1S/C17H15NO4S/c19-15(12-5-2-1-3-6-12)11-23-14-8-4-7-13(9-14)17(22)18-10-16(20)21/h1-9H,10-11H2,(H,18,22)(H,20,21). The Balaban J connectivity index is 1.96. The number of aliphatic carboxylic acids is 1. The van der Waals surface area contributed by atoms with Crippen molar-refractivity contribution in [3.05, 3.63) is 65.7 Å². The molecule has 5 nitrogen and oxygen atoms in total. The summed E-state index contributed by atoms with van der Waals surface area (Å²) in [5.74, 6) is -1.28. The van der Waals surface area contributed by atoms with Gasteiger partial charge in [0, 0.05) is 16.0 Å². The number of nitrogens with one attached hydrogen (secondary N) is 1. The zero-order valence-electron chi connectivity index (χ0n) is 12.2. The lowest BCUT2D eigenvalue weighted by molar-refractivity contribution is -0.135. The average molecular weight is 329 g/mol. The topological polar surface area (TPSA) is 83.5 Å². The molecule has 0 bridgehead atoms. The fourth-order valence-corrected chi connectivity index (χ4v) is 2.69. The van der Waals surface area contributed by atoms with Crippen LogP contribution in [-0.4, -0.2) is 35.1 Å². The van der Waals surface area contributed by atoms with Crippen LogP contribution < -0.4 is 5.32 Å². The van der Waals surface area contributed by atoms with Crippen molar-refractivity contribution < 1.29 is 19.5 Å². The van der Waals surface area contributed by atoms with E-state index in [0.717, 1.165) is 4.90 Å². The Morgan fingerprint density at radius 1 is 0.957 bits per heavy atom. The Bertz CT molecular complexity index is 716. The molecule has 2 aromatic rings. The number of carbonyl (C=O) groups excluding carboxylic acids is 2. The van der Waals surface area contributed by atoms with Gasteiger partial charge in [0.1, 0.15) is 6.54 Å². The molecule has 0 aromatic heterocycles. The van der Waals surface area contributed by atoms with Gasteiger partial charge in [-0.2, -0.15) is 0 Å². The summed E-state index contributed by atoms with van der Waals surface area (Å²) in [5.41, 5.74) is 1.01. The SMILES string of the molecule is O=C(O)CNC(=O)c1cccc(SCC(=O)c2ccccc2)c1. The van der Waals surface area contributed by atoms with Crippen molar-refractivity contribution in [3.8, 4) is 0 Å². The fraction of sp³-hybridized carbons (Fsp3) is 0.118. The van der Waals surface area contributed by atoms with E-state index in [4.69, 9.17) is 5.11 Å². The number of hydrogen-bond acceptors (Lipinski definition) is 4. The third kappa shape index (κ3) is 5.27. The van der Waals surface area contributed by atoms with Crippen LogP contribution in [0.2, 0.25) is 0 Å². The van der Waals surface area contributed by atoms with Crippen molar-refractivity contribution in [1.82, 2.24) is 5.32 Å². The molecule has 118 valence electrons. The monoisotopic (exact) mass is 329 g/mol. The maximum atomic E-state index is 12.0. The molecule has 0 aliphatic rings. The predicted molar refractivity (Wildman–Crippen MR) is 87.9 cm³/mol. The minimum Gasteiger partial charge on any atom is -0.480 e. The molecule has 2 N–H and O–H groups in total. The summed E-state index contributed by atoms with van der Waals surface area (Å²) in [6.45, 7) is -0.428. The van der Waals surface area contributed by atoms with Crippen LogP contribution in [0, 0.1) is 0 Å². The molecule has 0 radical (unpaired) electrons. The zero-order valence-corrected chi connectivity index (χ0v) is 13.0. The van der Waals surface area contributed by atoms with E-state index < -0.39 is 18.4 Å². The predicted octanol–water partition coefficient (Wildman–Crippen LogP) is 2.48. The number of ketones is 1. The molecule has 0 spiro atoms. The van der Waals surface area contributed by atoms with E-state index in [-0.39, 0.29) is 11.5 Å². The lowest BCUT2D eigenvalue weighted by Gasteiger charge is -2.05. The Kier molecular flexibility index (Phi) is 5.94. The summed E-state index contributed by atoms with van der Waals surface area (Å²) in [5, 5.41) is 10.9. The minimum absolute atomic E-state index is 0.0105. The summed E-state index contributed by atoms with van der Waals surface area (Å²) in [7, 11) is 0. The first kappa shape index (κ1) is 16.8. The third-order valence-corrected chi connectivity index (χ3v) is 3.96. The highest BCUT2D eigenvalue weighted by Gasteiger charge is 2.10. The molecule has 2 aromatic carbocycles. The second-order valence-corrected chi connectivity index (χ2v) is 5.73. The smallest absolute Gasteiger partial charge is 0.322 e. The van der Waals surface area contributed by atoms with E-state index in [9.17, 15) is 14.4 Å². The van der Waals surface area contributed by atoms with Gasteiger partial charge in [-0.25, -0.2) is 0 Å². The van der Waals surface area contributed by atoms with Crippen LogP contribution in [0.1, 0.15) is 20.7 Å². The van der Waals surface area contributed by atoms with Crippen LogP contribution in [0.4, 0.5) is 0 Å². The molecular formula is C17H15NO4S. The molecular weight excluding hydrogens is 314 g/mol. The highest BCUT2D eigenvalue weighted by Crippen LogP contribution is 2.20.